The molecule has 500 valence electrons. The first-order valence-electron chi connectivity index (χ1n) is 38.9. The monoisotopic (exact) mass is 1180 g/mol. The van der Waals surface area contributed by atoms with Crippen molar-refractivity contribution < 1.29 is 24.5 Å². The lowest BCUT2D eigenvalue weighted by Gasteiger charge is -2.22. The largest absolute Gasteiger partial charge is 0.466 e. The Labute approximate surface area is 527 Å². The third-order valence-electron chi connectivity index (χ3n) is 18.6. The van der Waals surface area contributed by atoms with E-state index in [0.29, 0.717) is 25.9 Å². The van der Waals surface area contributed by atoms with Crippen LogP contribution in [0, 0.1) is 0 Å². The summed E-state index contributed by atoms with van der Waals surface area (Å²) >= 11 is 0. The zero-order chi connectivity index (χ0) is 60.6. The van der Waals surface area contributed by atoms with E-state index in [1.165, 1.54) is 379 Å². The number of carbonyl (C=O) groups is 2. The van der Waals surface area contributed by atoms with Gasteiger partial charge in [-0.2, -0.15) is 0 Å². The standard InChI is InChI=1S/C78H153NO5/c1-3-5-7-9-11-13-15-17-19-21-23-31-35-38-42-46-50-54-58-62-66-70-76(81)75(74-80)79-77(82)71-67-63-59-55-51-47-43-39-36-32-29-27-25-24-26-28-30-33-37-41-45-49-53-57-61-65-69-73-84-78(83)72-68-64-60-56-52-48-44-40-34-22-20-18-16-14-12-10-8-6-4-2/h24-25,75-76,80-81H,3-23,26-74H2,1-2H3,(H,79,82)/b25-24-. The van der Waals surface area contributed by atoms with Crippen molar-refractivity contribution in [2.24, 2.45) is 0 Å². The molecule has 0 spiro atoms. The summed E-state index contributed by atoms with van der Waals surface area (Å²) in [5.74, 6) is -0.00901. The third kappa shape index (κ3) is 69.7. The minimum Gasteiger partial charge on any atom is -0.466 e. The lowest BCUT2D eigenvalue weighted by atomic mass is 10.0. The normalized spacial score (nSPS) is 12.5. The van der Waals surface area contributed by atoms with Gasteiger partial charge in [0.25, 0.3) is 0 Å². The number of carbonyl (C=O) groups excluding carboxylic acids is 2. The Bertz CT molecular complexity index is 1270. The molecule has 0 aromatic rings. The Balaban J connectivity index is 3.36. The molecule has 84 heavy (non-hydrogen) atoms. The molecule has 0 saturated heterocycles. The average Bonchev–Trinajstić information content (AvgIpc) is 3.51. The fourth-order valence-electron chi connectivity index (χ4n) is 12.6. The molecule has 2 atom stereocenters. The Morgan fingerprint density at radius 3 is 0.845 bits per heavy atom. The van der Waals surface area contributed by atoms with Crippen LogP contribution >= 0.6 is 0 Å². The molecule has 3 N–H and O–H groups in total. The summed E-state index contributed by atoms with van der Waals surface area (Å²) in [6.45, 7) is 5.01. The van der Waals surface area contributed by atoms with Gasteiger partial charge >= 0.3 is 5.97 Å². The lowest BCUT2D eigenvalue weighted by Crippen LogP contribution is -2.45. The van der Waals surface area contributed by atoms with E-state index in [-0.39, 0.29) is 18.5 Å². The van der Waals surface area contributed by atoms with Crippen molar-refractivity contribution in [1.82, 2.24) is 5.32 Å². The first-order valence-corrected chi connectivity index (χ1v) is 38.9. The van der Waals surface area contributed by atoms with E-state index < -0.39 is 12.1 Å². The van der Waals surface area contributed by atoms with Crippen molar-refractivity contribution in [2.75, 3.05) is 13.2 Å². The number of rotatable bonds is 74. The number of esters is 1. The minimum absolute atomic E-state index is 0.0214. The fraction of sp³-hybridized carbons (Fsp3) is 0.949. The number of aliphatic hydroxyl groups excluding tert-OH is 2. The van der Waals surface area contributed by atoms with Crippen LogP contribution in [0.2, 0.25) is 0 Å². The summed E-state index contributed by atoms with van der Waals surface area (Å²) in [4.78, 5) is 24.7. The molecule has 0 bridgehead atoms. The summed E-state index contributed by atoms with van der Waals surface area (Å²) < 4.78 is 5.52. The van der Waals surface area contributed by atoms with Gasteiger partial charge in [-0.25, -0.2) is 0 Å². The number of unbranched alkanes of at least 4 members (excludes halogenated alkanes) is 61. The molecule has 6 nitrogen and oxygen atoms in total. The van der Waals surface area contributed by atoms with Crippen LogP contribution in [0.25, 0.3) is 0 Å². The maximum Gasteiger partial charge on any atom is 0.305 e. The van der Waals surface area contributed by atoms with E-state index in [4.69, 9.17) is 4.74 Å². The topological polar surface area (TPSA) is 95.9 Å². The highest BCUT2D eigenvalue weighted by Gasteiger charge is 2.20. The van der Waals surface area contributed by atoms with E-state index >= 15 is 0 Å². The van der Waals surface area contributed by atoms with E-state index in [1.807, 2.05) is 0 Å². The number of nitrogens with one attached hydrogen (secondary N) is 1. The zero-order valence-electron chi connectivity index (χ0n) is 57.4. The molecule has 0 aliphatic heterocycles. The highest BCUT2D eigenvalue weighted by Crippen LogP contribution is 2.20. The Morgan fingerprint density at radius 1 is 0.321 bits per heavy atom. The van der Waals surface area contributed by atoms with Gasteiger partial charge in [0, 0.05) is 12.8 Å². The molecule has 0 saturated carbocycles. The van der Waals surface area contributed by atoms with Crippen LogP contribution in [0.15, 0.2) is 12.2 Å². The average molecular weight is 1190 g/mol. The summed E-state index contributed by atoms with van der Waals surface area (Å²) in [6, 6.07) is -0.543. The second-order valence-corrected chi connectivity index (χ2v) is 27.0. The SMILES string of the molecule is CCCCCCCCCCCCCCCCCCCCCCCC(O)C(CO)NC(=O)CCCCCCCCCCCCC/C=C\CCCCCCCCCCCCCCOC(=O)CCCCCCCCCCCCCCCCCCCCC. The highest BCUT2D eigenvalue weighted by atomic mass is 16.5. The fourth-order valence-corrected chi connectivity index (χ4v) is 12.6. The molecule has 0 fully saturated rings. The second-order valence-electron chi connectivity index (χ2n) is 27.0. The highest BCUT2D eigenvalue weighted by molar-refractivity contribution is 5.76. The number of amides is 1. The van der Waals surface area contributed by atoms with Gasteiger partial charge in [-0.1, -0.05) is 398 Å². The van der Waals surface area contributed by atoms with Gasteiger partial charge in [0.2, 0.25) is 5.91 Å². The molecule has 0 rings (SSSR count). The van der Waals surface area contributed by atoms with Gasteiger partial charge < -0.3 is 20.3 Å². The van der Waals surface area contributed by atoms with Crippen molar-refractivity contribution in [3.05, 3.63) is 12.2 Å². The number of allylic oxidation sites excluding steroid dienone is 2. The number of aliphatic hydroxyl groups is 2. The van der Waals surface area contributed by atoms with Gasteiger partial charge in [-0.15, -0.1) is 0 Å². The van der Waals surface area contributed by atoms with Gasteiger partial charge in [0.15, 0.2) is 0 Å². The predicted octanol–water partition coefficient (Wildman–Crippen LogP) is 25.5. The Kier molecular flexibility index (Phi) is 72.8. The van der Waals surface area contributed by atoms with Crippen LogP contribution in [-0.4, -0.2) is 47.4 Å². The van der Waals surface area contributed by atoms with Gasteiger partial charge in [-0.3, -0.25) is 9.59 Å². The molecule has 2 unspecified atom stereocenters. The summed E-state index contributed by atoms with van der Waals surface area (Å²) in [5, 5.41) is 23.4. The summed E-state index contributed by atoms with van der Waals surface area (Å²) in [7, 11) is 0. The zero-order valence-corrected chi connectivity index (χ0v) is 57.4. The van der Waals surface area contributed by atoms with Crippen LogP contribution in [-0.2, 0) is 14.3 Å². The van der Waals surface area contributed by atoms with Crippen molar-refractivity contribution >= 4 is 11.9 Å². The first-order chi connectivity index (χ1) is 41.5. The summed E-state index contributed by atoms with van der Waals surface area (Å²) in [5.41, 5.74) is 0. The van der Waals surface area contributed by atoms with Crippen LogP contribution in [0.4, 0.5) is 0 Å². The van der Waals surface area contributed by atoms with Crippen LogP contribution in [0.5, 0.6) is 0 Å². The maximum absolute atomic E-state index is 12.6. The predicted molar refractivity (Wildman–Crippen MR) is 370 cm³/mol. The van der Waals surface area contributed by atoms with Crippen LogP contribution < -0.4 is 5.32 Å². The van der Waals surface area contributed by atoms with E-state index in [0.717, 1.165) is 38.5 Å². The molecule has 1 amide bonds. The quantitative estimate of drug-likeness (QED) is 0.0320. The molecular formula is C78H153NO5. The minimum atomic E-state index is -0.665. The van der Waals surface area contributed by atoms with E-state index in [9.17, 15) is 19.8 Å². The van der Waals surface area contributed by atoms with Gasteiger partial charge in [0.1, 0.15) is 0 Å². The Morgan fingerprint density at radius 2 is 0.560 bits per heavy atom. The molecule has 0 aliphatic rings. The molecular weight excluding hydrogens is 1030 g/mol. The second kappa shape index (κ2) is 74.1. The molecule has 0 radical (unpaired) electrons. The number of hydrogen-bond acceptors (Lipinski definition) is 5. The van der Waals surface area contributed by atoms with Gasteiger partial charge in [-0.05, 0) is 51.4 Å². The first kappa shape index (κ1) is 82.6. The Hall–Kier alpha value is -1.40. The van der Waals surface area contributed by atoms with Crippen molar-refractivity contribution in [3.8, 4) is 0 Å². The number of ether oxygens (including phenoxy) is 1. The molecule has 0 heterocycles. The number of hydrogen-bond donors (Lipinski definition) is 3. The smallest absolute Gasteiger partial charge is 0.305 e. The maximum atomic E-state index is 12.6. The lowest BCUT2D eigenvalue weighted by molar-refractivity contribution is -0.143. The van der Waals surface area contributed by atoms with Crippen molar-refractivity contribution in [2.45, 2.75) is 463 Å². The summed E-state index contributed by atoms with van der Waals surface area (Å²) in [6.07, 6.45) is 92.9. The van der Waals surface area contributed by atoms with E-state index in [2.05, 4.69) is 31.3 Å². The van der Waals surface area contributed by atoms with Crippen LogP contribution in [0.3, 0.4) is 0 Å². The molecule has 6 heteroatoms. The van der Waals surface area contributed by atoms with Gasteiger partial charge in [0.05, 0.1) is 25.4 Å². The molecule has 0 aliphatic carbocycles. The van der Waals surface area contributed by atoms with Crippen molar-refractivity contribution in [1.29, 1.82) is 0 Å². The molecule has 0 aromatic carbocycles. The van der Waals surface area contributed by atoms with Crippen LogP contribution in [0.1, 0.15) is 450 Å². The van der Waals surface area contributed by atoms with E-state index in [1.54, 1.807) is 0 Å². The third-order valence-corrected chi connectivity index (χ3v) is 18.6. The molecule has 0 aromatic heterocycles. The van der Waals surface area contributed by atoms with Crippen molar-refractivity contribution in [3.63, 3.8) is 0 Å².